The summed E-state index contributed by atoms with van der Waals surface area (Å²) in [6.07, 6.45) is 2.60. The molecule has 1 saturated carbocycles. The van der Waals surface area contributed by atoms with E-state index in [2.05, 4.69) is 59.7 Å². The van der Waals surface area contributed by atoms with Crippen molar-refractivity contribution >= 4 is 54.5 Å². The van der Waals surface area contributed by atoms with Gasteiger partial charge in [-0.05, 0) is 73.2 Å². The number of nitrogens with zero attached hydrogens (tertiary/aromatic N) is 1. The summed E-state index contributed by atoms with van der Waals surface area (Å²) in [7, 11) is 0. The molecule has 1 aliphatic rings. The van der Waals surface area contributed by atoms with E-state index in [1.165, 1.54) is 23.3 Å². The Balaban J connectivity index is 1.84. The molecule has 2 N–H and O–H groups in total. The highest BCUT2D eigenvalue weighted by molar-refractivity contribution is 9.13. The van der Waals surface area contributed by atoms with Gasteiger partial charge in [0.15, 0.2) is 0 Å². The minimum atomic E-state index is 0.315. The molecule has 1 atom stereocenters. The predicted molar refractivity (Wildman–Crippen MR) is 94.4 cm³/mol. The van der Waals surface area contributed by atoms with Gasteiger partial charge in [0, 0.05) is 28.5 Å². The van der Waals surface area contributed by atoms with Crippen LogP contribution in [-0.2, 0) is 6.54 Å². The molecule has 1 aliphatic carbocycles. The van der Waals surface area contributed by atoms with E-state index in [1.807, 2.05) is 0 Å². The summed E-state index contributed by atoms with van der Waals surface area (Å²) < 4.78 is 2.28. The molecule has 1 fully saturated rings. The van der Waals surface area contributed by atoms with E-state index in [1.54, 1.807) is 22.7 Å². The lowest BCUT2D eigenvalue weighted by molar-refractivity contribution is 0.185. The van der Waals surface area contributed by atoms with Crippen molar-refractivity contribution in [3.63, 3.8) is 0 Å². The molecule has 2 nitrogen and oxygen atoms in total. The highest BCUT2D eigenvalue weighted by atomic mass is 79.9. The SMILES string of the molecule is NCC(c1cc(Br)c(Br)s1)N(Cc1ccsc1)C1CC1. The first-order valence-electron chi connectivity index (χ1n) is 6.60. The van der Waals surface area contributed by atoms with Crippen LogP contribution in [0.5, 0.6) is 0 Å². The van der Waals surface area contributed by atoms with E-state index in [9.17, 15) is 0 Å². The van der Waals surface area contributed by atoms with Crippen molar-refractivity contribution in [1.29, 1.82) is 0 Å². The highest BCUT2D eigenvalue weighted by Crippen LogP contribution is 2.41. The zero-order valence-corrected chi connectivity index (χ0v) is 15.7. The van der Waals surface area contributed by atoms with Gasteiger partial charge in [-0.1, -0.05) is 0 Å². The van der Waals surface area contributed by atoms with Crippen LogP contribution in [0.25, 0.3) is 0 Å². The highest BCUT2D eigenvalue weighted by Gasteiger charge is 2.35. The Hall–Kier alpha value is 0.280. The van der Waals surface area contributed by atoms with Gasteiger partial charge in [0.25, 0.3) is 0 Å². The topological polar surface area (TPSA) is 29.3 Å². The lowest BCUT2D eigenvalue weighted by Gasteiger charge is -2.30. The Morgan fingerprint density at radius 2 is 2.20 bits per heavy atom. The van der Waals surface area contributed by atoms with E-state index < -0.39 is 0 Å². The fourth-order valence-corrected chi connectivity index (χ4v) is 5.32. The summed E-state index contributed by atoms with van der Waals surface area (Å²) in [5.74, 6) is 0. The summed E-state index contributed by atoms with van der Waals surface area (Å²) in [5.41, 5.74) is 7.49. The first kappa shape index (κ1) is 15.2. The number of hydrogen-bond acceptors (Lipinski definition) is 4. The third-order valence-electron chi connectivity index (χ3n) is 3.58. The Bertz CT molecular complexity index is 544. The summed E-state index contributed by atoms with van der Waals surface area (Å²) in [4.78, 5) is 3.92. The lowest BCUT2D eigenvalue weighted by atomic mass is 10.1. The van der Waals surface area contributed by atoms with Gasteiger partial charge in [-0.15, -0.1) is 11.3 Å². The van der Waals surface area contributed by atoms with Gasteiger partial charge in [-0.2, -0.15) is 11.3 Å². The van der Waals surface area contributed by atoms with Crippen LogP contribution >= 0.6 is 54.5 Å². The monoisotopic (exact) mass is 434 g/mol. The van der Waals surface area contributed by atoms with E-state index in [4.69, 9.17) is 5.73 Å². The summed E-state index contributed by atoms with van der Waals surface area (Å²) >= 11 is 10.7. The zero-order chi connectivity index (χ0) is 14.1. The van der Waals surface area contributed by atoms with E-state index >= 15 is 0 Å². The predicted octanol–water partition coefficient (Wildman–Crippen LogP) is 5.00. The Morgan fingerprint density at radius 3 is 2.70 bits per heavy atom. The quantitative estimate of drug-likeness (QED) is 0.691. The van der Waals surface area contributed by atoms with Crippen molar-refractivity contribution < 1.29 is 0 Å². The van der Waals surface area contributed by atoms with E-state index in [0.717, 1.165) is 14.8 Å². The molecule has 2 heterocycles. The number of nitrogens with two attached hydrogens (primary N) is 1. The second-order valence-electron chi connectivity index (χ2n) is 5.06. The van der Waals surface area contributed by atoms with Gasteiger partial charge >= 0.3 is 0 Å². The minimum Gasteiger partial charge on any atom is -0.329 e. The van der Waals surface area contributed by atoms with E-state index in [0.29, 0.717) is 18.6 Å². The molecule has 0 radical (unpaired) electrons. The molecule has 0 amide bonds. The lowest BCUT2D eigenvalue weighted by Crippen LogP contribution is -2.34. The van der Waals surface area contributed by atoms with Crippen LogP contribution in [0.2, 0.25) is 0 Å². The maximum atomic E-state index is 6.10. The van der Waals surface area contributed by atoms with Crippen molar-refractivity contribution in [3.8, 4) is 0 Å². The standard InChI is InChI=1S/C14H16Br2N2S2/c15-11-5-13(20-14(11)16)12(6-17)18(10-1-2-10)7-9-3-4-19-8-9/h3-5,8,10,12H,1-2,6-7,17H2. The van der Waals surface area contributed by atoms with Crippen LogP contribution in [0.1, 0.15) is 29.3 Å². The van der Waals surface area contributed by atoms with Gasteiger partial charge in [-0.25, -0.2) is 0 Å². The molecule has 0 aromatic carbocycles. The first-order chi connectivity index (χ1) is 9.69. The molecule has 0 aliphatic heterocycles. The van der Waals surface area contributed by atoms with Gasteiger partial charge in [0.2, 0.25) is 0 Å². The molecule has 2 aromatic heterocycles. The minimum absolute atomic E-state index is 0.315. The molecule has 3 rings (SSSR count). The van der Waals surface area contributed by atoms with E-state index in [-0.39, 0.29) is 0 Å². The van der Waals surface area contributed by atoms with Crippen molar-refractivity contribution in [3.05, 3.63) is 41.6 Å². The number of hydrogen-bond donors (Lipinski definition) is 1. The number of halogens is 2. The summed E-state index contributed by atoms with van der Waals surface area (Å²) in [6.45, 7) is 1.67. The van der Waals surface area contributed by atoms with Crippen LogP contribution in [-0.4, -0.2) is 17.5 Å². The zero-order valence-electron chi connectivity index (χ0n) is 10.9. The van der Waals surface area contributed by atoms with Crippen LogP contribution in [0.3, 0.4) is 0 Å². The second-order valence-corrected chi connectivity index (χ2v) is 9.09. The molecule has 0 bridgehead atoms. The van der Waals surface area contributed by atoms with Crippen LogP contribution in [0, 0.1) is 0 Å². The fraction of sp³-hybridized carbons (Fsp3) is 0.429. The smallest absolute Gasteiger partial charge is 0.0843 e. The maximum absolute atomic E-state index is 6.10. The molecular weight excluding hydrogens is 420 g/mol. The third-order valence-corrected chi connectivity index (χ3v) is 7.67. The fourth-order valence-electron chi connectivity index (χ4n) is 2.44. The van der Waals surface area contributed by atoms with Gasteiger partial charge in [0.1, 0.15) is 0 Å². The Kier molecular flexibility index (Phi) is 5.00. The molecule has 1 unspecified atom stereocenters. The molecule has 0 spiro atoms. The molecule has 6 heteroatoms. The van der Waals surface area contributed by atoms with Crippen molar-refractivity contribution in [2.45, 2.75) is 31.5 Å². The Morgan fingerprint density at radius 1 is 1.40 bits per heavy atom. The van der Waals surface area contributed by atoms with Crippen LogP contribution in [0.15, 0.2) is 31.2 Å². The second kappa shape index (κ2) is 6.58. The number of thiophene rings is 2. The largest absolute Gasteiger partial charge is 0.329 e. The summed E-state index contributed by atoms with van der Waals surface area (Å²) in [6, 6.07) is 5.43. The molecule has 20 heavy (non-hydrogen) atoms. The van der Waals surface area contributed by atoms with Crippen LogP contribution in [0.4, 0.5) is 0 Å². The normalized spacial score (nSPS) is 16.8. The van der Waals surface area contributed by atoms with Crippen molar-refractivity contribution in [2.24, 2.45) is 5.73 Å². The van der Waals surface area contributed by atoms with Crippen LogP contribution < -0.4 is 5.73 Å². The summed E-state index contributed by atoms with van der Waals surface area (Å²) in [5, 5.41) is 4.39. The molecule has 0 saturated heterocycles. The van der Waals surface area contributed by atoms with Crippen molar-refractivity contribution in [2.75, 3.05) is 6.54 Å². The molecule has 2 aromatic rings. The average molecular weight is 436 g/mol. The van der Waals surface area contributed by atoms with Gasteiger partial charge in [-0.3, -0.25) is 4.90 Å². The Labute approximate surface area is 144 Å². The van der Waals surface area contributed by atoms with Gasteiger partial charge in [0.05, 0.1) is 9.83 Å². The third kappa shape index (κ3) is 3.36. The molecular formula is C14H16Br2N2S2. The average Bonchev–Trinajstić information content (AvgIpc) is 3.05. The molecule has 108 valence electrons. The number of rotatable bonds is 6. The van der Waals surface area contributed by atoms with Gasteiger partial charge < -0.3 is 5.73 Å². The first-order valence-corrected chi connectivity index (χ1v) is 9.95. The maximum Gasteiger partial charge on any atom is 0.0843 e. The van der Waals surface area contributed by atoms with Crippen molar-refractivity contribution in [1.82, 2.24) is 4.90 Å².